The Labute approximate surface area is 168 Å². The van der Waals surface area contributed by atoms with Crippen molar-refractivity contribution < 1.29 is 0 Å². The maximum Gasteiger partial charge on any atom is 0.159 e. The molecule has 0 aromatic heterocycles. The summed E-state index contributed by atoms with van der Waals surface area (Å²) in [7, 11) is 0. The highest BCUT2D eigenvalue weighted by atomic mass is 80.0. The second-order valence-electron chi connectivity index (χ2n) is 4.15. The van der Waals surface area contributed by atoms with Crippen LogP contribution in [0.2, 0.25) is 0 Å². The average Bonchev–Trinajstić information content (AvgIpc) is 2.37. The van der Waals surface area contributed by atoms with E-state index >= 15 is 0 Å². The minimum Gasteiger partial charge on any atom is -0.0553 e. The summed E-state index contributed by atoms with van der Waals surface area (Å²) < 4.78 is -0.728. The van der Waals surface area contributed by atoms with E-state index in [4.69, 9.17) is 0 Å². The third-order valence-electron chi connectivity index (χ3n) is 2.76. The molecule has 0 aliphatic heterocycles. The Morgan fingerprint density at radius 1 is 0.450 bits per heavy atom. The molecule has 0 bridgehead atoms. The van der Waals surface area contributed by atoms with Gasteiger partial charge in [0.15, 0.2) is 4.29 Å². The van der Waals surface area contributed by atoms with Gasteiger partial charge in [-0.1, -0.05) is 144 Å². The summed E-state index contributed by atoms with van der Waals surface area (Å²) in [6.45, 7) is 0. The predicted octanol–water partition coefficient (Wildman–Crippen LogP) is 7.94. The van der Waals surface area contributed by atoms with Crippen molar-refractivity contribution in [3.05, 3.63) is 59.7 Å². The molecule has 0 nitrogen and oxygen atoms in total. The van der Waals surface area contributed by atoms with Gasteiger partial charge in [-0.25, -0.2) is 0 Å². The number of alkyl halides is 6. The maximum absolute atomic E-state index is 3.52. The van der Waals surface area contributed by atoms with Gasteiger partial charge in [0, 0.05) is 0 Å². The van der Waals surface area contributed by atoms with E-state index in [1.54, 1.807) is 0 Å². The SMILES string of the molecule is BrC(Br)(Br)c1ccc(-c2ccc(C(Br)(Br)Br)cc2)cc1. The molecule has 2 aromatic rings. The van der Waals surface area contributed by atoms with E-state index in [2.05, 4.69) is 144 Å². The second-order valence-corrected chi connectivity index (χ2v) is 17.7. The standard InChI is InChI=1S/C14H8Br6/c15-13(16,17)11-5-1-9(2-6-11)10-3-7-12(8-4-10)14(18,19)20/h1-8H. The molecule has 2 rings (SSSR count). The van der Waals surface area contributed by atoms with Crippen molar-refractivity contribution in [1.82, 2.24) is 0 Å². The van der Waals surface area contributed by atoms with Crippen molar-refractivity contribution in [3.8, 4) is 11.1 Å². The van der Waals surface area contributed by atoms with Gasteiger partial charge in [-0.05, 0) is 22.3 Å². The quantitative estimate of drug-likeness (QED) is 0.274. The first-order valence-electron chi connectivity index (χ1n) is 5.53. The van der Waals surface area contributed by atoms with Gasteiger partial charge in [0.05, 0.1) is 0 Å². The third-order valence-corrected chi connectivity index (χ3v) is 5.50. The summed E-state index contributed by atoms with van der Waals surface area (Å²) in [5, 5.41) is 0. The summed E-state index contributed by atoms with van der Waals surface area (Å²) in [5.41, 5.74) is 4.58. The van der Waals surface area contributed by atoms with E-state index in [9.17, 15) is 0 Å². The van der Waals surface area contributed by atoms with Crippen LogP contribution in [0, 0.1) is 0 Å². The van der Waals surface area contributed by atoms with Crippen LogP contribution < -0.4 is 0 Å². The van der Waals surface area contributed by atoms with Crippen LogP contribution in [-0.4, -0.2) is 0 Å². The molecule has 0 saturated carbocycles. The smallest absolute Gasteiger partial charge is 0.0553 e. The van der Waals surface area contributed by atoms with Crippen LogP contribution in [0.5, 0.6) is 0 Å². The van der Waals surface area contributed by atoms with Crippen LogP contribution in [0.4, 0.5) is 0 Å². The van der Waals surface area contributed by atoms with E-state index in [0.29, 0.717) is 0 Å². The van der Waals surface area contributed by atoms with Crippen LogP contribution in [0.15, 0.2) is 48.5 Å². The first-order valence-corrected chi connectivity index (χ1v) is 10.3. The number of hydrogen-bond donors (Lipinski definition) is 0. The van der Waals surface area contributed by atoms with E-state index in [0.717, 1.165) is 11.1 Å². The molecule has 0 heterocycles. The van der Waals surface area contributed by atoms with E-state index in [-0.39, 0.29) is 4.29 Å². The molecule has 6 heteroatoms. The van der Waals surface area contributed by atoms with Crippen LogP contribution in [0.25, 0.3) is 11.1 Å². The predicted molar refractivity (Wildman–Crippen MR) is 109 cm³/mol. The van der Waals surface area contributed by atoms with Crippen molar-refractivity contribution in [2.45, 2.75) is 4.29 Å². The molecule has 0 saturated heterocycles. The Kier molecular flexibility index (Phi) is 6.04. The van der Waals surface area contributed by atoms with Gasteiger partial charge in [0.1, 0.15) is 0 Å². The van der Waals surface area contributed by atoms with Crippen LogP contribution in [0.1, 0.15) is 11.1 Å². The lowest BCUT2D eigenvalue weighted by Gasteiger charge is -2.14. The molecule has 0 atom stereocenters. The molecule has 0 aliphatic rings. The van der Waals surface area contributed by atoms with E-state index in [1.165, 1.54) is 11.1 Å². The van der Waals surface area contributed by atoms with Gasteiger partial charge >= 0.3 is 0 Å². The Balaban J connectivity index is 2.29. The van der Waals surface area contributed by atoms with Gasteiger partial charge < -0.3 is 0 Å². The van der Waals surface area contributed by atoms with Gasteiger partial charge in [-0.2, -0.15) is 0 Å². The van der Waals surface area contributed by atoms with Gasteiger partial charge in [0.25, 0.3) is 0 Å². The molecule has 106 valence electrons. The Morgan fingerprint density at radius 3 is 0.900 bits per heavy atom. The van der Waals surface area contributed by atoms with Crippen molar-refractivity contribution in [2.24, 2.45) is 0 Å². The molecule has 20 heavy (non-hydrogen) atoms. The highest BCUT2D eigenvalue weighted by Gasteiger charge is 2.21. The molecule has 0 unspecified atom stereocenters. The zero-order chi connectivity index (χ0) is 15.0. The van der Waals surface area contributed by atoms with Crippen LogP contribution >= 0.6 is 95.6 Å². The fraction of sp³-hybridized carbons (Fsp3) is 0.143. The second kappa shape index (κ2) is 6.83. The van der Waals surface area contributed by atoms with Gasteiger partial charge in [0.2, 0.25) is 0 Å². The van der Waals surface area contributed by atoms with Crippen molar-refractivity contribution in [2.75, 3.05) is 0 Å². The number of rotatable bonds is 1. The fourth-order valence-electron chi connectivity index (χ4n) is 1.70. The van der Waals surface area contributed by atoms with Crippen LogP contribution in [0.3, 0.4) is 0 Å². The van der Waals surface area contributed by atoms with E-state index in [1.807, 2.05) is 0 Å². The minimum atomic E-state index is -0.364. The van der Waals surface area contributed by atoms with Crippen LogP contribution in [-0.2, 0) is 4.29 Å². The molecular weight excluding hydrogens is 648 g/mol. The van der Waals surface area contributed by atoms with Crippen molar-refractivity contribution >= 4 is 95.6 Å². The number of hydrogen-bond acceptors (Lipinski definition) is 0. The molecule has 0 N–H and O–H groups in total. The molecule has 0 amide bonds. The zero-order valence-electron chi connectivity index (χ0n) is 9.89. The number of halogens is 6. The van der Waals surface area contributed by atoms with Gasteiger partial charge in [-0.3, -0.25) is 0 Å². The largest absolute Gasteiger partial charge is 0.159 e. The summed E-state index contributed by atoms with van der Waals surface area (Å²) in [6, 6.07) is 16.7. The molecule has 0 spiro atoms. The van der Waals surface area contributed by atoms with E-state index < -0.39 is 0 Å². The third kappa shape index (κ3) is 4.66. The first kappa shape index (κ1) is 17.7. The monoisotopic (exact) mass is 650 g/mol. The Hall–Kier alpha value is 1.32. The zero-order valence-corrected chi connectivity index (χ0v) is 19.4. The summed E-state index contributed by atoms with van der Waals surface area (Å²) in [5.74, 6) is 0. The molecule has 0 radical (unpaired) electrons. The summed E-state index contributed by atoms with van der Waals surface area (Å²) >= 11 is 21.1. The average molecular weight is 656 g/mol. The lowest BCUT2D eigenvalue weighted by atomic mass is 10.0. The lowest BCUT2D eigenvalue weighted by Crippen LogP contribution is -1.97. The molecule has 0 fully saturated rings. The first-order chi connectivity index (χ1) is 9.18. The highest BCUT2D eigenvalue weighted by molar-refractivity contribution is 9.39. The molecule has 2 aromatic carbocycles. The topological polar surface area (TPSA) is 0 Å². The number of benzene rings is 2. The highest BCUT2D eigenvalue weighted by Crippen LogP contribution is 2.45. The van der Waals surface area contributed by atoms with Crippen molar-refractivity contribution in [3.63, 3.8) is 0 Å². The molecule has 0 aliphatic carbocycles. The van der Waals surface area contributed by atoms with Gasteiger partial charge in [-0.15, -0.1) is 0 Å². The Bertz CT molecular complexity index is 520. The van der Waals surface area contributed by atoms with Crippen molar-refractivity contribution in [1.29, 1.82) is 0 Å². The summed E-state index contributed by atoms with van der Waals surface area (Å²) in [6.07, 6.45) is 0. The normalized spacial score (nSPS) is 12.5. The minimum absolute atomic E-state index is 0.364. The fourth-order valence-corrected chi connectivity index (χ4v) is 3.29. The lowest BCUT2D eigenvalue weighted by molar-refractivity contribution is 1.35. The molecular formula is C14H8Br6. The maximum atomic E-state index is 3.52. The summed E-state index contributed by atoms with van der Waals surface area (Å²) in [4.78, 5) is 0. The Morgan fingerprint density at radius 2 is 0.700 bits per heavy atom.